The summed E-state index contributed by atoms with van der Waals surface area (Å²) in [5.74, 6) is 1.66. The van der Waals surface area contributed by atoms with Crippen molar-refractivity contribution < 1.29 is 19.0 Å². The molecule has 0 saturated heterocycles. The van der Waals surface area contributed by atoms with E-state index >= 15 is 0 Å². The van der Waals surface area contributed by atoms with Crippen LogP contribution < -0.4 is 11.1 Å². The lowest BCUT2D eigenvalue weighted by atomic mass is 10.0. The monoisotopic (exact) mass is 412 g/mol. The molecule has 6 nitrogen and oxygen atoms in total. The van der Waals surface area contributed by atoms with E-state index in [-0.39, 0.29) is 0 Å². The zero-order valence-corrected chi connectivity index (χ0v) is 18.6. The molecule has 2 amide bonds. The molecule has 170 valence electrons. The lowest BCUT2D eigenvalue weighted by Crippen LogP contribution is -2.60. The van der Waals surface area contributed by atoms with Crippen LogP contribution in [0.25, 0.3) is 0 Å². The molecule has 2 aliphatic carbocycles. The number of hydrogen-bond donors (Lipinski definition) is 2. The van der Waals surface area contributed by atoms with Crippen LogP contribution >= 0.6 is 0 Å². The molecule has 0 radical (unpaired) electrons. The lowest BCUT2D eigenvalue weighted by Gasteiger charge is -2.33. The van der Waals surface area contributed by atoms with E-state index in [1.807, 2.05) is 0 Å². The third-order valence-corrected chi connectivity index (χ3v) is 6.39. The second-order valence-electron chi connectivity index (χ2n) is 9.16. The van der Waals surface area contributed by atoms with Gasteiger partial charge in [0.2, 0.25) is 0 Å². The van der Waals surface area contributed by atoms with Crippen LogP contribution in [0.2, 0.25) is 0 Å². The maximum absolute atomic E-state index is 11.7. The Kier molecular flexibility index (Phi) is 12.0. The highest BCUT2D eigenvalue weighted by molar-refractivity contribution is 5.72. The largest absolute Gasteiger partial charge is 0.379 e. The van der Waals surface area contributed by atoms with Crippen LogP contribution in [-0.2, 0) is 14.2 Å². The number of amides is 2. The molecule has 1 unspecified atom stereocenters. The number of carbonyl (C=O) groups excluding carboxylic acids is 1. The topological polar surface area (TPSA) is 82.8 Å². The second kappa shape index (κ2) is 14.2. The van der Waals surface area contributed by atoms with E-state index in [0.29, 0.717) is 39.6 Å². The summed E-state index contributed by atoms with van der Waals surface area (Å²) >= 11 is 0. The summed E-state index contributed by atoms with van der Waals surface area (Å²) < 4.78 is 17.8. The van der Waals surface area contributed by atoms with E-state index in [0.717, 1.165) is 31.1 Å². The zero-order chi connectivity index (χ0) is 20.8. The van der Waals surface area contributed by atoms with E-state index in [4.69, 9.17) is 19.9 Å². The number of urea groups is 1. The molecule has 0 heterocycles. The van der Waals surface area contributed by atoms with E-state index in [1.165, 1.54) is 57.8 Å². The summed E-state index contributed by atoms with van der Waals surface area (Å²) in [6.07, 6.45) is 15.1. The van der Waals surface area contributed by atoms with Gasteiger partial charge in [-0.25, -0.2) is 4.79 Å². The molecule has 3 N–H and O–H groups in total. The van der Waals surface area contributed by atoms with E-state index < -0.39 is 11.6 Å². The number of primary amides is 1. The Morgan fingerprint density at radius 1 is 0.862 bits per heavy atom. The lowest BCUT2D eigenvalue weighted by molar-refractivity contribution is -0.0366. The van der Waals surface area contributed by atoms with Crippen LogP contribution in [0.4, 0.5) is 4.79 Å². The van der Waals surface area contributed by atoms with Crippen molar-refractivity contribution in [2.24, 2.45) is 17.6 Å². The Bertz CT molecular complexity index is 437. The van der Waals surface area contributed by atoms with Crippen LogP contribution in [0.1, 0.15) is 84.0 Å². The van der Waals surface area contributed by atoms with E-state index in [9.17, 15) is 4.79 Å². The number of ether oxygens (including phenoxy) is 3. The van der Waals surface area contributed by atoms with Gasteiger partial charge in [0.05, 0.1) is 19.8 Å². The Morgan fingerprint density at radius 2 is 1.38 bits per heavy atom. The van der Waals surface area contributed by atoms with Gasteiger partial charge in [0.15, 0.2) is 0 Å². The van der Waals surface area contributed by atoms with Crippen LogP contribution in [0.3, 0.4) is 0 Å². The molecule has 2 saturated carbocycles. The molecule has 6 heteroatoms. The van der Waals surface area contributed by atoms with Crippen molar-refractivity contribution in [3.63, 3.8) is 0 Å². The number of carbonyl (C=O) groups is 1. The van der Waals surface area contributed by atoms with Gasteiger partial charge < -0.3 is 25.3 Å². The molecule has 0 aliphatic heterocycles. The smallest absolute Gasteiger partial charge is 0.312 e. The molecule has 1 atom stereocenters. The molecule has 2 rings (SSSR count). The normalized spacial score (nSPS) is 20.2. The Labute approximate surface area is 177 Å². The highest BCUT2D eigenvalue weighted by atomic mass is 16.5. The molecule has 0 aromatic carbocycles. The molecular weight excluding hydrogens is 368 g/mol. The van der Waals surface area contributed by atoms with Crippen LogP contribution in [0.5, 0.6) is 0 Å². The van der Waals surface area contributed by atoms with Crippen LogP contribution in [-0.4, -0.2) is 51.2 Å². The summed E-state index contributed by atoms with van der Waals surface area (Å²) in [5.41, 5.74) is 4.76. The maximum atomic E-state index is 11.7. The summed E-state index contributed by atoms with van der Waals surface area (Å²) in [4.78, 5) is 11.7. The summed E-state index contributed by atoms with van der Waals surface area (Å²) in [7, 11) is 0. The van der Waals surface area contributed by atoms with Crippen molar-refractivity contribution in [3.05, 3.63) is 0 Å². The van der Waals surface area contributed by atoms with Crippen molar-refractivity contribution in [3.8, 4) is 0 Å². The standard InChI is InChI=1S/C23H44N2O4/c1-2-14-27-17-23(25-22(24)26,19-29-16-13-21-10-5-6-11-21)18-28-15-7-12-20-8-3-4-9-20/h20-21H,2-19H2,1H3,(H3,24,25,26). The minimum absolute atomic E-state index is 0.357. The fourth-order valence-electron chi connectivity index (χ4n) is 4.76. The van der Waals surface area contributed by atoms with Crippen molar-refractivity contribution in [1.29, 1.82) is 0 Å². The molecule has 29 heavy (non-hydrogen) atoms. The van der Waals surface area contributed by atoms with E-state index in [2.05, 4.69) is 12.2 Å². The number of nitrogens with one attached hydrogen (secondary N) is 1. The van der Waals surface area contributed by atoms with E-state index in [1.54, 1.807) is 0 Å². The van der Waals surface area contributed by atoms with Gasteiger partial charge >= 0.3 is 6.03 Å². The minimum Gasteiger partial charge on any atom is -0.379 e. The van der Waals surface area contributed by atoms with Crippen molar-refractivity contribution in [2.45, 2.75) is 89.5 Å². The van der Waals surface area contributed by atoms with Crippen molar-refractivity contribution in [2.75, 3.05) is 39.6 Å². The first-order valence-corrected chi connectivity index (χ1v) is 11.9. The number of nitrogens with two attached hydrogens (primary N) is 1. The Balaban J connectivity index is 1.77. The molecule has 2 fully saturated rings. The number of hydrogen-bond acceptors (Lipinski definition) is 4. The first-order valence-electron chi connectivity index (χ1n) is 11.9. The van der Waals surface area contributed by atoms with Gasteiger partial charge in [0.1, 0.15) is 5.54 Å². The fourth-order valence-corrected chi connectivity index (χ4v) is 4.76. The van der Waals surface area contributed by atoms with Crippen molar-refractivity contribution in [1.82, 2.24) is 5.32 Å². The highest BCUT2D eigenvalue weighted by Crippen LogP contribution is 2.29. The zero-order valence-electron chi connectivity index (χ0n) is 18.6. The second-order valence-corrected chi connectivity index (χ2v) is 9.16. The third-order valence-electron chi connectivity index (χ3n) is 6.39. The Morgan fingerprint density at radius 3 is 1.93 bits per heavy atom. The van der Waals surface area contributed by atoms with Crippen molar-refractivity contribution >= 4 is 6.03 Å². The van der Waals surface area contributed by atoms with Gasteiger partial charge in [-0.05, 0) is 37.5 Å². The van der Waals surface area contributed by atoms with Crippen LogP contribution in [0.15, 0.2) is 0 Å². The van der Waals surface area contributed by atoms with Crippen LogP contribution in [0, 0.1) is 11.8 Å². The maximum Gasteiger partial charge on any atom is 0.312 e. The fraction of sp³-hybridized carbons (Fsp3) is 0.957. The number of rotatable bonds is 16. The highest BCUT2D eigenvalue weighted by Gasteiger charge is 2.33. The SMILES string of the molecule is CCCOCC(COCCCC1CCCC1)(COCCC1CCCC1)NC(N)=O. The predicted molar refractivity (Wildman–Crippen MR) is 116 cm³/mol. The van der Waals surface area contributed by atoms with Gasteiger partial charge in [0, 0.05) is 19.8 Å². The third kappa shape index (κ3) is 10.1. The molecule has 0 bridgehead atoms. The molecule has 0 aromatic heterocycles. The average Bonchev–Trinajstić information content (AvgIpc) is 3.39. The first-order chi connectivity index (χ1) is 14.1. The van der Waals surface area contributed by atoms with Gasteiger partial charge in [-0.1, -0.05) is 58.3 Å². The molecule has 0 aromatic rings. The quantitative estimate of drug-likeness (QED) is 0.368. The summed E-state index contributed by atoms with van der Waals surface area (Å²) in [6, 6.07) is -0.556. The predicted octanol–water partition coefficient (Wildman–Crippen LogP) is 4.40. The first kappa shape index (κ1) is 24.4. The summed E-state index contributed by atoms with van der Waals surface area (Å²) in [5, 5.41) is 2.88. The van der Waals surface area contributed by atoms with Gasteiger partial charge in [0.25, 0.3) is 0 Å². The molecule has 2 aliphatic rings. The van der Waals surface area contributed by atoms with Gasteiger partial charge in [-0.2, -0.15) is 0 Å². The molecule has 0 spiro atoms. The van der Waals surface area contributed by atoms with Gasteiger partial charge in [-0.3, -0.25) is 0 Å². The minimum atomic E-state index is -0.718. The molecular formula is C23H44N2O4. The summed E-state index contributed by atoms with van der Waals surface area (Å²) in [6.45, 7) is 5.22. The Hall–Kier alpha value is -0.850. The average molecular weight is 413 g/mol. The van der Waals surface area contributed by atoms with Gasteiger partial charge in [-0.15, -0.1) is 0 Å².